The fourth-order valence-corrected chi connectivity index (χ4v) is 3.14. The summed E-state index contributed by atoms with van der Waals surface area (Å²) in [5.74, 6) is -0.0378. The van der Waals surface area contributed by atoms with Gasteiger partial charge in [-0.1, -0.05) is 36.8 Å². The highest BCUT2D eigenvalue weighted by molar-refractivity contribution is 5.94. The number of hydrogen-bond acceptors (Lipinski definition) is 2. The standard InChI is InChI=1S/C16H20N2O2/c19-14-13(8-4-11-17-14)18-15(20)16(9-5-10-16)12-6-2-1-3-7-12/h1-3,6-7,13H,4-5,8-11H2,(H,17,19)(H,18,20). The first-order valence-electron chi connectivity index (χ1n) is 7.37. The van der Waals surface area contributed by atoms with E-state index in [0.29, 0.717) is 0 Å². The third kappa shape index (κ3) is 2.19. The van der Waals surface area contributed by atoms with Crippen LogP contribution in [0.15, 0.2) is 30.3 Å². The lowest BCUT2D eigenvalue weighted by atomic mass is 9.63. The predicted molar refractivity (Wildman–Crippen MR) is 76.1 cm³/mol. The number of benzene rings is 1. The largest absolute Gasteiger partial charge is 0.354 e. The molecule has 1 unspecified atom stereocenters. The van der Waals surface area contributed by atoms with E-state index < -0.39 is 5.41 Å². The van der Waals surface area contributed by atoms with Crippen LogP contribution in [0, 0.1) is 0 Å². The minimum atomic E-state index is -0.418. The molecule has 2 aliphatic rings. The molecular weight excluding hydrogens is 252 g/mol. The van der Waals surface area contributed by atoms with Crippen LogP contribution in [0.1, 0.15) is 37.7 Å². The first kappa shape index (κ1) is 13.2. The average Bonchev–Trinajstić information content (AvgIpc) is 2.41. The Kier molecular flexibility index (Phi) is 3.47. The zero-order valence-corrected chi connectivity index (χ0v) is 11.5. The molecule has 106 valence electrons. The Labute approximate surface area is 118 Å². The fourth-order valence-electron chi connectivity index (χ4n) is 3.14. The van der Waals surface area contributed by atoms with E-state index in [0.717, 1.165) is 44.2 Å². The van der Waals surface area contributed by atoms with Crippen molar-refractivity contribution in [2.75, 3.05) is 6.54 Å². The summed E-state index contributed by atoms with van der Waals surface area (Å²) in [5, 5.41) is 5.77. The van der Waals surface area contributed by atoms with Crippen molar-refractivity contribution < 1.29 is 9.59 Å². The monoisotopic (exact) mass is 272 g/mol. The molecule has 4 nitrogen and oxygen atoms in total. The molecule has 0 aromatic heterocycles. The van der Waals surface area contributed by atoms with Crippen LogP contribution in [0.25, 0.3) is 0 Å². The minimum Gasteiger partial charge on any atom is -0.354 e. The highest BCUT2D eigenvalue weighted by atomic mass is 16.2. The SMILES string of the molecule is O=C1NCCCC1NC(=O)C1(c2ccccc2)CCC1. The smallest absolute Gasteiger partial charge is 0.242 e. The third-order valence-electron chi connectivity index (χ3n) is 4.56. The molecule has 1 aliphatic heterocycles. The molecule has 2 N–H and O–H groups in total. The summed E-state index contributed by atoms with van der Waals surface area (Å²) in [6, 6.07) is 9.56. The van der Waals surface area contributed by atoms with Gasteiger partial charge in [-0.15, -0.1) is 0 Å². The van der Waals surface area contributed by atoms with Crippen LogP contribution in [0.4, 0.5) is 0 Å². The van der Waals surface area contributed by atoms with Gasteiger partial charge < -0.3 is 10.6 Å². The van der Waals surface area contributed by atoms with E-state index in [-0.39, 0.29) is 17.9 Å². The maximum atomic E-state index is 12.7. The molecule has 20 heavy (non-hydrogen) atoms. The van der Waals surface area contributed by atoms with E-state index in [4.69, 9.17) is 0 Å². The molecule has 1 atom stereocenters. The Morgan fingerprint density at radius 3 is 2.55 bits per heavy atom. The van der Waals surface area contributed by atoms with Gasteiger partial charge in [-0.2, -0.15) is 0 Å². The van der Waals surface area contributed by atoms with E-state index in [1.54, 1.807) is 0 Å². The van der Waals surface area contributed by atoms with Gasteiger partial charge in [-0.25, -0.2) is 0 Å². The molecule has 4 heteroatoms. The molecule has 0 bridgehead atoms. The van der Waals surface area contributed by atoms with Crippen LogP contribution in [-0.4, -0.2) is 24.4 Å². The van der Waals surface area contributed by atoms with E-state index in [2.05, 4.69) is 10.6 Å². The summed E-state index contributed by atoms with van der Waals surface area (Å²) < 4.78 is 0. The lowest BCUT2D eigenvalue weighted by Gasteiger charge is -2.41. The highest BCUT2D eigenvalue weighted by Crippen LogP contribution is 2.44. The van der Waals surface area contributed by atoms with Crippen LogP contribution in [0.5, 0.6) is 0 Å². The second kappa shape index (κ2) is 5.27. The van der Waals surface area contributed by atoms with Gasteiger partial charge in [-0.3, -0.25) is 9.59 Å². The predicted octanol–water partition coefficient (Wildman–Crippen LogP) is 1.50. The average molecular weight is 272 g/mol. The summed E-state index contributed by atoms with van der Waals surface area (Å²) in [6.45, 7) is 0.717. The number of carbonyl (C=O) groups excluding carboxylic acids is 2. The minimum absolute atomic E-state index is 0.0111. The van der Waals surface area contributed by atoms with Crippen LogP contribution < -0.4 is 10.6 Å². The van der Waals surface area contributed by atoms with Gasteiger partial charge in [0.1, 0.15) is 6.04 Å². The summed E-state index contributed by atoms with van der Waals surface area (Å²) in [4.78, 5) is 24.4. The Hall–Kier alpha value is -1.84. The second-order valence-corrected chi connectivity index (χ2v) is 5.76. The van der Waals surface area contributed by atoms with Gasteiger partial charge >= 0.3 is 0 Å². The highest BCUT2D eigenvalue weighted by Gasteiger charge is 2.46. The first-order valence-corrected chi connectivity index (χ1v) is 7.37. The van der Waals surface area contributed by atoms with Crippen molar-refractivity contribution in [1.29, 1.82) is 0 Å². The molecule has 1 aliphatic carbocycles. The molecular formula is C16H20N2O2. The van der Waals surface area contributed by atoms with Crippen molar-refractivity contribution in [1.82, 2.24) is 10.6 Å². The molecule has 3 rings (SSSR count). The quantitative estimate of drug-likeness (QED) is 0.876. The molecule has 1 aromatic rings. The van der Waals surface area contributed by atoms with Gasteiger partial charge in [0.25, 0.3) is 0 Å². The molecule has 2 amide bonds. The van der Waals surface area contributed by atoms with Crippen molar-refractivity contribution in [2.24, 2.45) is 0 Å². The topological polar surface area (TPSA) is 58.2 Å². The normalized spacial score (nSPS) is 24.4. The number of nitrogens with one attached hydrogen (secondary N) is 2. The molecule has 0 radical (unpaired) electrons. The maximum absolute atomic E-state index is 12.7. The van der Waals surface area contributed by atoms with Crippen LogP contribution in [-0.2, 0) is 15.0 Å². The number of carbonyl (C=O) groups is 2. The number of piperidine rings is 1. The zero-order valence-electron chi connectivity index (χ0n) is 11.5. The lowest BCUT2D eigenvalue weighted by molar-refractivity contribution is -0.135. The fraction of sp³-hybridized carbons (Fsp3) is 0.500. The van der Waals surface area contributed by atoms with E-state index in [1.807, 2.05) is 30.3 Å². The second-order valence-electron chi connectivity index (χ2n) is 5.76. The van der Waals surface area contributed by atoms with Gasteiger partial charge in [0, 0.05) is 6.54 Å². The van der Waals surface area contributed by atoms with Crippen LogP contribution in [0.3, 0.4) is 0 Å². The summed E-state index contributed by atoms with van der Waals surface area (Å²) >= 11 is 0. The number of hydrogen-bond donors (Lipinski definition) is 2. The molecule has 1 saturated heterocycles. The Morgan fingerprint density at radius 1 is 1.20 bits per heavy atom. The van der Waals surface area contributed by atoms with Crippen molar-refractivity contribution >= 4 is 11.8 Å². The van der Waals surface area contributed by atoms with E-state index in [9.17, 15) is 9.59 Å². The van der Waals surface area contributed by atoms with Crippen LogP contribution >= 0.6 is 0 Å². The summed E-state index contributed by atoms with van der Waals surface area (Å²) in [7, 11) is 0. The van der Waals surface area contributed by atoms with Gasteiger partial charge in [0.05, 0.1) is 5.41 Å². The molecule has 1 aromatic carbocycles. The van der Waals surface area contributed by atoms with Gasteiger partial charge in [0.15, 0.2) is 0 Å². The third-order valence-corrected chi connectivity index (χ3v) is 4.56. The Balaban J connectivity index is 1.76. The Morgan fingerprint density at radius 2 is 1.95 bits per heavy atom. The van der Waals surface area contributed by atoms with Crippen LogP contribution in [0.2, 0.25) is 0 Å². The maximum Gasteiger partial charge on any atom is 0.242 e. The zero-order chi connectivity index (χ0) is 14.0. The van der Waals surface area contributed by atoms with Crippen molar-refractivity contribution in [3.05, 3.63) is 35.9 Å². The number of rotatable bonds is 3. The van der Waals surface area contributed by atoms with Crippen molar-refractivity contribution in [3.63, 3.8) is 0 Å². The van der Waals surface area contributed by atoms with Crippen molar-refractivity contribution in [3.8, 4) is 0 Å². The van der Waals surface area contributed by atoms with E-state index in [1.165, 1.54) is 0 Å². The Bertz CT molecular complexity index is 508. The molecule has 1 saturated carbocycles. The molecule has 1 heterocycles. The summed E-state index contributed by atoms with van der Waals surface area (Å²) in [5.41, 5.74) is 0.652. The van der Waals surface area contributed by atoms with E-state index >= 15 is 0 Å². The summed E-state index contributed by atoms with van der Waals surface area (Å²) in [6.07, 6.45) is 4.48. The molecule has 2 fully saturated rings. The van der Waals surface area contributed by atoms with Gasteiger partial charge in [0.2, 0.25) is 11.8 Å². The molecule has 0 spiro atoms. The lowest BCUT2D eigenvalue weighted by Crippen LogP contribution is -2.57. The van der Waals surface area contributed by atoms with Crippen molar-refractivity contribution in [2.45, 2.75) is 43.6 Å². The first-order chi connectivity index (χ1) is 9.72. The van der Waals surface area contributed by atoms with Gasteiger partial charge in [-0.05, 0) is 31.2 Å². The number of amides is 2.